The fraction of sp³-hybridized carbons (Fsp3) is 1.00. The zero-order valence-corrected chi connectivity index (χ0v) is 11.3. The van der Waals surface area contributed by atoms with Crippen LogP contribution in [0.4, 0.5) is 0 Å². The van der Waals surface area contributed by atoms with Crippen molar-refractivity contribution in [2.24, 2.45) is 5.92 Å². The molecule has 0 aromatic carbocycles. The van der Waals surface area contributed by atoms with Crippen molar-refractivity contribution in [2.75, 3.05) is 33.9 Å². The lowest BCUT2D eigenvalue weighted by Crippen LogP contribution is -2.44. The standard InChI is InChI=1S/C13H28N2O/c1-5-12(15(3)4)9-14-13(6-2)11-7-8-16-10-11/h11-14H,5-10H2,1-4H3. The van der Waals surface area contributed by atoms with E-state index in [-0.39, 0.29) is 0 Å². The first-order chi connectivity index (χ1) is 7.69. The van der Waals surface area contributed by atoms with E-state index >= 15 is 0 Å². The summed E-state index contributed by atoms with van der Waals surface area (Å²) >= 11 is 0. The van der Waals surface area contributed by atoms with Crippen LogP contribution in [0, 0.1) is 5.92 Å². The number of rotatable bonds is 7. The van der Waals surface area contributed by atoms with E-state index in [1.807, 2.05) is 0 Å². The van der Waals surface area contributed by atoms with E-state index in [1.165, 1.54) is 19.3 Å². The summed E-state index contributed by atoms with van der Waals surface area (Å²) in [7, 11) is 4.32. The van der Waals surface area contributed by atoms with E-state index in [1.54, 1.807) is 0 Å². The molecule has 0 spiro atoms. The summed E-state index contributed by atoms with van der Waals surface area (Å²) in [5, 5.41) is 3.72. The van der Waals surface area contributed by atoms with Gasteiger partial charge in [0.2, 0.25) is 0 Å². The minimum Gasteiger partial charge on any atom is -0.381 e. The number of nitrogens with zero attached hydrogens (tertiary/aromatic N) is 1. The van der Waals surface area contributed by atoms with Crippen LogP contribution >= 0.6 is 0 Å². The molecule has 3 heteroatoms. The van der Waals surface area contributed by atoms with E-state index in [4.69, 9.17) is 4.74 Å². The third kappa shape index (κ3) is 4.04. The van der Waals surface area contributed by atoms with Crippen LogP contribution in [0.3, 0.4) is 0 Å². The molecule has 0 saturated carbocycles. The second-order valence-electron chi connectivity index (χ2n) is 5.07. The zero-order valence-electron chi connectivity index (χ0n) is 11.3. The average molecular weight is 228 g/mol. The highest BCUT2D eigenvalue weighted by molar-refractivity contribution is 4.80. The summed E-state index contributed by atoms with van der Waals surface area (Å²) in [6.45, 7) is 7.52. The maximum Gasteiger partial charge on any atom is 0.0509 e. The Balaban J connectivity index is 2.32. The molecule has 1 aliphatic heterocycles. The van der Waals surface area contributed by atoms with Crippen LogP contribution in [-0.4, -0.2) is 50.8 Å². The molecule has 1 aliphatic rings. The van der Waals surface area contributed by atoms with Crippen molar-refractivity contribution in [3.63, 3.8) is 0 Å². The maximum atomic E-state index is 5.47. The number of likely N-dealkylation sites (N-methyl/N-ethyl adjacent to an activating group) is 1. The Hall–Kier alpha value is -0.120. The minimum absolute atomic E-state index is 0.636. The second kappa shape index (κ2) is 7.25. The Morgan fingerprint density at radius 3 is 2.50 bits per heavy atom. The molecule has 1 N–H and O–H groups in total. The van der Waals surface area contributed by atoms with Gasteiger partial charge in [-0.05, 0) is 39.3 Å². The van der Waals surface area contributed by atoms with Crippen molar-refractivity contribution in [2.45, 2.75) is 45.2 Å². The maximum absolute atomic E-state index is 5.47. The Morgan fingerprint density at radius 1 is 1.31 bits per heavy atom. The van der Waals surface area contributed by atoms with E-state index in [0.29, 0.717) is 12.1 Å². The quantitative estimate of drug-likeness (QED) is 0.718. The summed E-state index contributed by atoms with van der Waals surface area (Å²) in [5.74, 6) is 0.727. The van der Waals surface area contributed by atoms with Crippen LogP contribution in [0.1, 0.15) is 33.1 Å². The van der Waals surface area contributed by atoms with Gasteiger partial charge >= 0.3 is 0 Å². The fourth-order valence-electron chi connectivity index (χ4n) is 2.49. The number of nitrogens with one attached hydrogen (secondary N) is 1. The van der Waals surface area contributed by atoms with Gasteiger partial charge in [0.05, 0.1) is 6.61 Å². The van der Waals surface area contributed by atoms with Gasteiger partial charge in [-0.15, -0.1) is 0 Å². The van der Waals surface area contributed by atoms with Crippen LogP contribution in [0.15, 0.2) is 0 Å². The molecule has 0 bridgehead atoms. The third-order valence-electron chi connectivity index (χ3n) is 3.79. The summed E-state index contributed by atoms with van der Waals surface area (Å²) in [6.07, 6.45) is 3.64. The van der Waals surface area contributed by atoms with Crippen molar-refractivity contribution in [1.29, 1.82) is 0 Å². The highest BCUT2D eigenvalue weighted by Gasteiger charge is 2.24. The molecular weight excluding hydrogens is 200 g/mol. The van der Waals surface area contributed by atoms with Gasteiger partial charge < -0.3 is 15.0 Å². The van der Waals surface area contributed by atoms with Crippen LogP contribution in [0.5, 0.6) is 0 Å². The SMILES string of the molecule is CCC(NCC(CC)N(C)C)C1CCOC1. The van der Waals surface area contributed by atoms with Crippen molar-refractivity contribution >= 4 is 0 Å². The molecule has 0 amide bonds. The van der Waals surface area contributed by atoms with Gasteiger partial charge in [-0.1, -0.05) is 13.8 Å². The predicted octanol–water partition coefficient (Wildman–Crippen LogP) is 1.73. The summed E-state index contributed by atoms with van der Waals surface area (Å²) in [6, 6.07) is 1.29. The summed E-state index contributed by atoms with van der Waals surface area (Å²) in [4.78, 5) is 2.31. The summed E-state index contributed by atoms with van der Waals surface area (Å²) in [5.41, 5.74) is 0. The number of hydrogen-bond acceptors (Lipinski definition) is 3. The van der Waals surface area contributed by atoms with Gasteiger partial charge in [-0.3, -0.25) is 0 Å². The van der Waals surface area contributed by atoms with Gasteiger partial charge in [0, 0.05) is 25.2 Å². The monoisotopic (exact) mass is 228 g/mol. The molecule has 1 fully saturated rings. The zero-order chi connectivity index (χ0) is 12.0. The third-order valence-corrected chi connectivity index (χ3v) is 3.79. The number of ether oxygens (including phenoxy) is 1. The first-order valence-electron chi connectivity index (χ1n) is 6.66. The molecule has 1 rings (SSSR count). The molecule has 96 valence electrons. The number of hydrogen-bond donors (Lipinski definition) is 1. The average Bonchev–Trinajstić information content (AvgIpc) is 2.77. The fourth-order valence-corrected chi connectivity index (χ4v) is 2.49. The topological polar surface area (TPSA) is 24.5 Å². The van der Waals surface area contributed by atoms with E-state index in [9.17, 15) is 0 Å². The van der Waals surface area contributed by atoms with Crippen LogP contribution in [0.25, 0.3) is 0 Å². The lowest BCUT2D eigenvalue weighted by Gasteiger charge is -2.28. The Morgan fingerprint density at radius 2 is 2.06 bits per heavy atom. The second-order valence-corrected chi connectivity index (χ2v) is 5.07. The predicted molar refractivity (Wildman–Crippen MR) is 68.8 cm³/mol. The molecule has 3 nitrogen and oxygen atoms in total. The highest BCUT2D eigenvalue weighted by atomic mass is 16.5. The van der Waals surface area contributed by atoms with Crippen LogP contribution in [0.2, 0.25) is 0 Å². The molecular formula is C13H28N2O. The van der Waals surface area contributed by atoms with Crippen LogP contribution in [-0.2, 0) is 4.74 Å². The van der Waals surface area contributed by atoms with E-state index in [2.05, 4.69) is 38.2 Å². The van der Waals surface area contributed by atoms with Gasteiger partial charge in [0.15, 0.2) is 0 Å². The lowest BCUT2D eigenvalue weighted by molar-refractivity contribution is 0.172. The van der Waals surface area contributed by atoms with Crippen molar-refractivity contribution in [3.05, 3.63) is 0 Å². The van der Waals surface area contributed by atoms with Crippen molar-refractivity contribution in [1.82, 2.24) is 10.2 Å². The van der Waals surface area contributed by atoms with Gasteiger partial charge in [0.1, 0.15) is 0 Å². The Labute approximate surface area is 101 Å². The van der Waals surface area contributed by atoms with E-state index in [0.717, 1.165) is 25.7 Å². The molecule has 3 unspecified atom stereocenters. The summed E-state index contributed by atoms with van der Waals surface area (Å²) < 4.78 is 5.47. The van der Waals surface area contributed by atoms with E-state index < -0.39 is 0 Å². The first-order valence-corrected chi connectivity index (χ1v) is 6.66. The van der Waals surface area contributed by atoms with Gasteiger partial charge in [-0.25, -0.2) is 0 Å². The van der Waals surface area contributed by atoms with Gasteiger partial charge in [0.25, 0.3) is 0 Å². The van der Waals surface area contributed by atoms with Crippen LogP contribution < -0.4 is 5.32 Å². The Kier molecular flexibility index (Phi) is 6.32. The molecule has 0 radical (unpaired) electrons. The molecule has 0 aliphatic carbocycles. The van der Waals surface area contributed by atoms with Crippen molar-refractivity contribution < 1.29 is 4.74 Å². The Bertz CT molecular complexity index is 179. The molecule has 1 saturated heterocycles. The van der Waals surface area contributed by atoms with Gasteiger partial charge in [-0.2, -0.15) is 0 Å². The normalized spacial score (nSPS) is 24.9. The molecule has 0 aromatic rings. The molecule has 16 heavy (non-hydrogen) atoms. The largest absolute Gasteiger partial charge is 0.381 e. The first kappa shape index (κ1) is 13.9. The smallest absolute Gasteiger partial charge is 0.0509 e. The minimum atomic E-state index is 0.636. The lowest BCUT2D eigenvalue weighted by atomic mass is 9.96. The molecule has 3 atom stereocenters. The molecule has 1 heterocycles. The highest BCUT2D eigenvalue weighted by Crippen LogP contribution is 2.18. The van der Waals surface area contributed by atoms with Crippen molar-refractivity contribution in [3.8, 4) is 0 Å². The molecule has 0 aromatic heterocycles.